The average molecular weight is 438 g/mol. The van der Waals surface area contributed by atoms with Crippen molar-refractivity contribution in [2.24, 2.45) is 0 Å². The van der Waals surface area contributed by atoms with Crippen LogP contribution in [0.1, 0.15) is 11.1 Å². The molecule has 1 aliphatic rings. The third kappa shape index (κ3) is 4.93. The molecule has 1 fully saturated rings. The van der Waals surface area contributed by atoms with E-state index in [4.69, 9.17) is 14.7 Å². The number of aromatic nitrogens is 2. The second kappa shape index (κ2) is 9.85. The summed E-state index contributed by atoms with van der Waals surface area (Å²) in [7, 11) is 1.64. The van der Waals surface area contributed by atoms with E-state index in [0.717, 1.165) is 11.9 Å². The Morgan fingerprint density at radius 2 is 1.88 bits per heavy atom. The number of fused-ring (bicyclic) bond motifs is 1. The highest BCUT2D eigenvalue weighted by molar-refractivity contribution is 5.81. The summed E-state index contributed by atoms with van der Waals surface area (Å²) in [5.74, 6) is 0.290. The third-order valence-corrected chi connectivity index (χ3v) is 5.45. The number of nitriles is 1. The second-order valence-electron chi connectivity index (χ2n) is 7.63. The van der Waals surface area contributed by atoms with Crippen molar-refractivity contribution >= 4 is 22.7 Å². The molecule has 0 amide bonds. The fourth-order valence-electron chi connectivity index (χ4n) is 3.73. The average Bonchev–Trinajstić information content (AvgIpc) is 2.81. The number of hydrogen-bond donors (Lipinski definition) is 1. The Morgan fingerprint density at radius 3 is 2.59 bits per heavy atom. The van der Waals surface area contributed by atoms with Crippen LogP contribution >= 0.6 is 0 Å². The summed E-state index contributed by atoms with van der Waals surface area (Å²) in [4.78, 5) is 13.8. The van der Waals surface area contributed by atoms with Gasteiger partial charge in [-0.3, -0.25) is 4.90 Å². The molecule has 3 aromatic rings. The number of ether oxygens (including phenoxy) is 1. The molecule has 0 atom stereocenters. The van der Waals surface area contributed by atoms with Crippen molar-refractivity contribution in [1.82, 2.24) is 14.9 Å². The summed E-state index contributed by atoms with van der Waals surface area (Å²) in [6.45, 7) is 4.31. The SMILES string of the molecule is COCCNc1nc2ccc(C#N)cc2nc1N1CCN(Cc2ccc(F)cc2F)CC1. The molecule has 1 aromatic heterocycles. The molecule has 9 heteroatoms. The van der Waals surface area contributed by atoms with Gasteiger partial charge in [0.15, 0.2) is 11.6 Å². The van der Waals surface area contributed by atoms with E-state index in [1.54, 1.807) is 25.3 Å². The van der Waals surface area contributed by atoms with Gasteiger partial charge < -0.3 is 15.0 Å². The third-order valence-electron chi connectivity index (χ3n) is 5.45. The van der Waals surface area contributed by atoms with E-state index in [9.17, 15) is 14.0 Å². The zero-order chi connectivity index (χ0) is 22.5. The summed E-state index contributed by atoms with van der Waals surface area (Å²) < 4.78 is 32.3. The minimum absolute atomic E-state index is 0.424. The first kappa shape index (κ1) is 21.9. The molecule has 166 valence electrons. The number of nitrogens with one attached hydrogen (secondary N) is 1. The van der Waals surface area contributed by atoms with Crippen molar-refractivity contribution in [1.29, 1.82) is 5.26 Å². The Bertz CT molecular complexity index is 1140. The molecule has 4 rings (SSSR count). The number of anilines is 2. The van der Waals surface area contributed by atoms with Crippen LogP contribution in [0.5, 0.6) is 0 Å². The zero-order valence-electron chi connectivity index (χ0n) is 17.8. The molecule has 0 spiro atoms. The fourth-order valence-corrected chi connectivity index (χ4v) is 3.73. The molecule has 0 radical (unpaired) electrons. The molecule has 0 saturated carbocycles. The van der Waals surface area contributed by atoms with Crippen LogP contribution < -0.4 is 10.2 Å². The van der Waals surface area contributed by atoms with Crippen LogP contribution in [0.15, 0.2) is 36.4 Å². The standard InChI is InChI=1S/C23H24F2N6O/c1-32-11-6-27-22-23(29-21-12-16(14-26)2-5-20(21)28-22)31-9-7-30(8-10-31)15-17-3-4-18(24)13-19(17)25/h2-5,12-13H,6-11,15H2,1H3,(H,27,28). The predicted molar refractivity (Wildman–Crippen MR) is 118 cm³/mol. The molecule has 1 saturated heterocycles. The Morgan fingerprint density at radius 1 is 1.06 bits per heavy atom. The van der Waals surface area contributed by atoms with Gasteiger partial charge in [-0.2, -0.15) is 5.26 Å². The maximum atomic E-state index is 14.0. The number of rotatable bonds is 7. The van der Waals surface area contributed by atoms with Gasteiger partial charge in [-0.1, -0.05) is 6.07 Å². The van der Waals surface area contributed by atoms with E-state index < -0.39 is 11.6 Å². The van der Waals surface area contributed by atoms with Crippen molar-refractivity contribution in [2.45, 2.75) is 6.54 Å². The van der Waals surface area contributed by atoms with Gasteiger partial charge >= 0.3 is 0 Å². The van der Waals surface area contributed by atoms with Crippen LogP contribution in [-0.2, 0) is 11.3 Å². The van der Waals surface area contributed by atoms with Crippen molar-refractivity contribution in [2.75, 3.05) is 56.7 Å². The highest BCUT2D eigenvalue weighted by Crippen LogP contribution is 2.27. The largest absolute Gasteiger partial charge is 0.383 e. The Hall–Kier alpha value is -3.35. The highest BCUT2D eigenvalue weighted by atomic mass is 19.1. The van der Waals surface area contributed by atoms with Gasteiger partial charge in [0.05, 0.1) is 29.3 Å². The van der Waals surface area contributed by atoms with Crippen LogP contribution in [0.2, 0.25) is 0 Å². The second-order valence-corrected chi connectivity index (χ2v) is 7.63. The first-order chi connectivity index (χ1) is 15.6. The lowest BCUT2D eigenvalue weighted by Gasteiger charge is -2.36. The van der Waals surface area contributed by atoms with Gasteiger partial charge in [-0.05, 0) is 24.3 Å². The van der Waals surface area contributed by atoms with Crippen LogP contribution in [0.3, 0.4) is 0 Å². The molecule has 7 nitrogen and oxygen atoms in total. The lowest BCUT2D eigenvalue weighted by atomic mass is 10.1. The Balaban J connectivity index is 1.52. The highest BCUT2D eigenvalue weighted by Gasteiger charge is 2.22. The number of nitrogens with zero attached hydrogens (tertiary/aromatic N) is 5. The van der Waals surface area contributed by atoms with Gasteiger partial charge in [0.1, 0.15) is 11.6 Å². The summed E-state index contributed by atoms with van der Waals surface area (Å²) >= 11 is 0. The predicted octanol–water partition coefficient (Wildman–Crippen LogP) is 3.16. The maximum absolute atomic E-state index is 14.0. The van der Waals surface area contributed by atoms with E-state index >= 15 is 0 Å². The van der Waals surface area contributed by atoms with Gasteiger partial charge in [0.2, 0.25) is 0 Å². The molecule has 2 heterocycles. The van der Waals surface area contributed by atoms with Crippen LogP contribution in [0.25, 0.3) is 11.0 Å². The van der Waals surface area contributed by atoms with Crippen molar-refractivity contribution < 1.29 is 13.5 Å². The minimum atomic E-state index is -0.570. The number of hydrogen-bond acceptors (Lipinski definition) is 7. The maximum Gasteiger partial charge on any atom is 0.172 e. The first-order valence-electron chi connectivity index (χ1n) is 10.4. The van der Waals surface area contributed by atoms with E-state index in [2.05, 4.69) is 21.2 Å². The fraction of sp³-hybridized carbons (Fsp3) is 0.348. The van der Waals surface area contributed by atoms with Gasteiger partial charge in [-0.15, -0.1) is 0 Å². The van der Waals surface area contributed by atoms with E-state index in [0.29, 0.717) is 73.9 Å². The Kier molecular flexibility index (Phi) is 6.73. The molecule has 32 heavy (non-hydrogen) atoms. The molecular weight excluding hydrogens is 414 g/mol. The molecule has 2 aromatic carbocycles. The number of piperazine rings is 1. The van der Waals surface area contributed by atoms with Crippen LogP contribution in [0, 0.1) is 23.0 Å². The number of halogens is 2. The first-order valence-corrected chi connectivity index (χ1v) is 10.4. The quantitative estimate of drug-likeness (QED) is 0.568. The summed E-state index contributed by atoms with van der Waals surface area (Å²) in [5, 5.41) is 12.5. The van der Waals surface area contributed by atoms with Crippen molar-refractivity contribution in [3.8, 4) is 6.07 Å². The molecule has 1 aliphatic heterocycles. The number of methoxy groups -OCH3 is 1. The lowest BCUT2D eigenvalue weighted by Crippen LogP contribution is -2.46. The van der Waals surface area contributed by atoms with Crippen molar-refractivity contribution in [3.63, 3.8) is 0 Å². The monoisotopic (exact) mass is 438 g/mol. The summed E-state index contributed by atoms with van der Waals surface area (Å²) in [5.41, 5.74) is 2.38. The van der Waals surface area contributed by atoms with E-state index in [-0.39, 0.29) is 0 Å². The topological polar surface area (TPSA) is 77.3 Å². The lowest BCUT2D eigenvalue weighted by molar-refractivity contribution is 0.210. The molecular formula is C23H24F2N6O. The van der Waals surface area contributed by atoms with Gasteiger partial charge in [0, 0.05) is 58.0 Å². The summed E-state index contributed by atoms with van der Waals surface area (Å²) in [6.07, 6.45) is 0. The zero-order valence-corrected chi connectivity index (χ0v) is 17.8. The normalized spacial score (nSPS) is 14.5. The van der Waals surface area contributed by atoms with Gasteiger partial charge in [-0.25, -0.2) is 18.7 Å². The van der Waals surface area contributed by atoms with Gasteiger partial charge in [0.25, 0.3) is 0 Å². The molecule has 0 bridgehead atoms. The smallest absolute Gasteiger partial charge is 0.172 e. The number of benzene rings is 2. The molecule has 1 N–H and O–H groups in total. The van der Waals surface area contributed by atoms with Crippen molar-refractivity contribution in [3.05, 3.63) is 59.2 Å². The Labute approximate surface area is 185 Å². The van der Waals surface area contributed by atoms with Crippen LogP contribution in [-0.4, -0.2) is 61.3 Å². The molecule has 0 aliphatic carbocycles. The van der Waals surface area contributed by atoms with E-state index in [1.807, 2.05) is 0 Å². The molecule has 0 unspecified atom stereocenters. The van der Waals surface area contributed by atoms with E-state index in [1.165, 1.54) is 12.1 Å². The van der Waals surface area contributed by atoms with Crippen LogP contribution in [0.4, 0.5) is 20.4 Å². The minimum Gasteiger partial charge on any atom is -0.383 e. The summed E-state index contributed by atoms with van der Waals surface area (Å²) in [6, 6.07) is 11.1.